The van der Waals surface area contributed by atoms with E-state index in [9.17, 15) is 14.0 Å². The number of nitrogens with one attached hydrogen (secondary N) is 2. The Hall–Kier alpha value is -3.19. The average Bonchev–Trinajstić information content (AvgIpc) is 3.20. The first kappa shape index (κ1) is 21.1. The number of carbonyl (C=O) groups is 2. The molecule has 2 aromatic rings. The van der Waals surface area contributed by atoms with E-state index < -0.39 is 0 Å². The molecule has 0 aliphatic carbocycles. The third kappa shape index (κ3) is 4.61. The van der Waals surface area contributed by atoms with Gasteiger partial charge < -0.3 is 15.2 Å². The first-order valence-electron chi connectivity index (χ1n) is 10.5. The second-order valence-electron chi connectivity index (χ2n) is 8.13. The van der Waals surface area contributed by atoms with Crippen LogP contribution in [-0.2, 0) is 16.1 Å². The van der Waals surface area contributed by atoms with Gasteiger partial charge in [0.1, 0.15) is 11.9 Å². The minimum atomic E-state index is -0.343. The molecule has 2 atom stereocenters. The molecule has 0 bridgehead atoms. The van der Waals surface area contributed by atoms with Gasteiger partial charge >= 0.3 is 0 Å². The lowest BCUT2D eigenvalue weighted by Crippen LogP contribution is -2.48. The molecule has 0 saturated carbocycles. The Morgan fingerprint density at radius 3 is 2.74 bits per heavy atom. The van der Waals surface area contributed by atoms with Crippen LogP contribution >= 0.6 is 0 Å². The Morgan fingerprint density at radius 2 is 1.97 bits per heavy atom. The number of amides is 2. The van der Waals surface area contributed by atoms with Gasteiger partial charge in [-0.15, -0.1) is 0 Å². The molecule has 2 heterocycles. The normalized spacial score (nSPS) is 20.2. The van der Waals surface area contributed by atoms with Crippen LogP contribution in [0, 0.1) is 19.7 Å². The maximum absolute atomic E-state index is 13.7. The standard InChI is InChI=1S/C24H27FN4O2/c1-16-7-8-18(13-17(16)2)21-14-22-24(31)28(11-12-29(22)27-21)10-9-23(30)26-15-19-5-3-4-6-20(19)25/h3-8,11-13,21-22,27H,9-10,14-15H2,1-2H3,(H,26,30). The van der Waals surface area contributed by atoms with E-state index in [1.807, 2.05) is 11.2 Å². The SMILES string of the molecule is Cc1ccc(C2CC3C(=O)N(CCC(=O)NCc4ccccc4F)C=CN3N2)cc1C. The molecule has 6 nitrogen and oxygen atoms in total. The second kappa shape index (κ2) is 8.89. The Morgan fingerprint density at radius 1 is 1.16 bits per heavy atom. The quantitative estimate of drug-likeness (QED) is 0.751. The van der Waals surface area contributed by atoms with Gasteiger partial charge in [-0.25, -0.2) is 9.82 Å². The molecule has 0 spiro atoms. The number of aryl methyl sites for hydroxylation is 2. The number of halogens is 1. The monoisotopic (exact) mass is 422 g/mol. The van der Waals surface area contributed by atoms with E-state index in [4.69, 9.17) is 0 Å². The third-order valence-electron chi connectivity index (χ3n) is 6.02. The lowest BCUT2D eigenvalue weighted by molar-refractivity contribution is -0.134. The van der Waals surface area contributed by atoms with Crippen LogP contribution in [0.1, 0.15) is 41.1 Å². The molecular weight excluding hydrogens is 395 g/mol. The van der Waals surface area contributed by atoms with Crippen LogP contribution in [0.2, 0.25) is 0 Å². The Kier molecular flexibility index (Phi) is 6.04. The zero-order valence-electron chi connectivity index (χ0n) is 17.8. The summed E-state index contributed by atoms with van der Waals surface area (Å²) in [4.78, 5) is 26.7. The summed E-state index contributed by atoms with van der Waals surface area (Å²) >= 11 is 0. The van der Waals surface area contributed by atoms with Crippen LogP contribution in [0.3, 0.4) is 0 Å². The number of hydrogen-bond donors (Lipinski definition) is 2. The highest BCUT2D eigenvalue weighted by atomic mass is 19.1. The van der Waals surface area contributed by atoms with Gasteiger partial charge in [-0.3, -0.25) is 9.59 Å². The Bertz CT molecular complexity index is 1020. The molecule has 1 saturated heterocycles. The summed E-state index contributed by atoms with van der Waals surface area (Å²) in [6, 6.07) is 12.5. The van der Waals surface area contributed by atoms with Gasteiger partial charge in [-0.2, -0.15) is 0 Å². The summed E-state index contributed by atoms with van der Waals surface area (Å²) in [5.74, 6) is -0.586. The summed E-state index contributed by atoms with van der Waals surface area (Å²) < 4.78 is 13.7. The number of benzene rings is 2. The van der Waals surface area contributed by atoms with Gasteiger partial charge in [-0.05, 0) is 43.0 Å². The number of hydrazine groups is 1. The summed E-state index contributed by atoms with van der Waals surface area (Å²) in [5, 5.41) is 4.57. The zero-order chi connectivity index (χ0) is 22.0. The van der Waals surface area contributed by atoms with Crippen LogP contribution in [0.4, 0.5) is 4.39 Å². The van der Waals surface area contributed by atoms with Crippen LogP contribution in [0.5, 0.6) is 0 Å². The van der Waals surface area contributed by atoms with E-state index in [0.717, 1.165) is 5.56 Å². The molecule has 31 heavy (non-hydrogen) atoms. The Labute approximate surface area is 181 Å². The van der Waals surface area contributed by atoms with Crippen LogP contribution in [-0.4, -0.2) is 34.3 Å². The molecule has 0 aromatic heterocycles. The van der Waals surface area contributed by atoms with E-state index in [2.05, 4.69) is 42.8 Å². The van der Waals surface area contributed by atoms with Crippen LogP contribution in [0.25, 0.3) is 0 Å². The van der Waals surface area contributed by atoms with Gasteiger partial charge in [0.2, 0.25) is 5.91 Å². The smallest absolute Gasteiger partial charge is 0.250 e. The number of fused-ring (bicyclic) bond motifs is 1. The first-order chi connectivity index (χ1) is 14.9. The van der Waals surface area contributed by atoms with Crippen molar-refractivity contribution in [3.8, 4) is 0 Å². The van der Waals surface area contributed by atoms with E-state index in [-0.39, 0.29) is 49.2 Å². The molecule has 162 valence electrons. The van der Waals surface area contributed by atoms with Gasteiger partial charge in [0.05, 0.1) is 6.04 Å². The average molecular weight is 423 g/mol. The number of carbonyl (C=O) groups excluding carboxylic acids is 2. The first-order valence-corrected chi connectivity index (χ1v) is 10.5. The lowest BCUT2D eigenvalue weighted by atomic mass is 9.97. The zero-order valence-corrected chi connectivity index (χ0v) is 17.8. The molecule has 1 fully saturated rings. The highest BCUT2D eigenvalue weighted by Crippen LogP contribution is 2.31. The topological polar surface area (TPSA) is 64.7 Å². The Balaban J connectivity index is 1.30. The number of nitrogens with zero attached hydrogens (tertiary/aromatic N) is 2. The molecule has 4 rings (SSSR count). The van der Waals surface area contributed by atoms with Gasteiger partial charge in [0.15, 0.2) is 0 Å². The number of rotatable bonds is 6. The van der Waals surface area contributed by atoms with Crippen molar-refractivity contribution in [1.29, 1.82) is 0 Å². The predicted molar refractivity (Wildman–Crippen MR) is 116 cm³/mol. The van der Waals surface area contributed by atoms with E-state index in [1.54, 1.807) is 29.3 Å². The minimum absolute atomic E-state index is 0.0248. The summed E-state index contributed by atoms with van der Waals surface area (Å²) in [6.45, 7) is 4.59. The van der Waals surface area contributed by atoms with Crippen molar-refractivity contribution in [3.63, 3.8) is 0 Å². The fraction of sp³-hybridized carbons (Fsp3) is 0.333. The molecular formula is C24H27FN4O2. The fourth-order valence-corrected chi connectivity index (χ4v) is 3.97. The van der Waals surface area contributed by atoms with Crippen molar-refractivity contribution in [3.05, 3.63) is 82.9 Å². The lowest BCUT2D eigenvalue weighted by Gasteiger charge is -2.31. The highest BCUT2D eigenvalue weighted by molar-refractivity contribution is 5.85. The largest absolute Gasteiger partial charge is 0.352 e. The van der Waals surface area contributed by atoms with E-state index >= 15 is 0 Å². The second-order valence-corrected chi connectivity index (χ2v) is 8.13. The highest BCUT2D eigenvalue weighted by Gasteiger charge is 2.39. The van der Waals surface area contributed by atoms with Crippen molar-refractivity contribution in [2.24, 2.45) is 0 Å². The molecule has 2 aliphatic rings. The molecule has 2 unspecified atom stereocenters. The predicted octanol–water partition coefficient (Wildman–Crippen LogP) is 3.08. The molecule has 2 amide bonds. The summed E-state index contributed by atoms with van der Waals surface area (Å²) in [5.41, 5.74) is 7.48. The van der Waals surface area contributed by atoms with Crippen molar-refractivity contribution in [2.45, 2.75) is 45.3 Å². The maximum atomic E-state index is 13.7. The van der Waals surface area contributed by atoms with Crippen molar-refractivity contribution in [2.75, 3.05) is 6.54 Å². The van der Waals surface area contributed by atoms with Crippen molar-refractivity contribution in [1.82, 2.24) is 20.7 Å². The summed E-state index contributed by atoms with van der Waals surface area (Å²) in [7, 11) is 0. The molecule has 2 N–H and O–H groups in total. The van der Waals surface area contributed by atoms with E-state index in [1.165, 1.54) is 17.2 Å². The van der Waals surface area contributed by atoms with Gasteiger partial charge in [-0.1, -0.05) is 36.4 Å². The molecule has 7 heteroatoms. The third-order valence-corrected chi connectivity index (χ3v) is 6.02. The van der Waals surface area contributed by atoms with Crippen molar-refractivity contribution >= 4 is 11.8 Å². The minimum Gasteiger partial charge on any atom is -0.352 e. The summed E-state index contributed by atoms with van der Waals surface area (Å²) in [6.07, 6.45) is 4.38. The molecule has 2 aliphatic heterocycles. The van der Waals surface area contributed by atoms with Gasteiger partial charge in [0, 0.05) is 37.5 Å². The molecule has 0 radical (unpaired) electrons. The van der Waals surface area contributed by atoms with Gasteiger partial charge in [0.25, 0.3) is 5.91 Å². The van der Waals surface area contributed by atoms with Crippen molar-refractivity contribution < 1.29 is 14.0 Å². The van der Waals surface area contributed by atoms with Crippen LogP contribution in [0.15, 0.2) is 54.9 Å². The van der Waals surface area contributed by atoms with E-state index in [0.29, 0.717) is 12.0 Å². The maximum Gasteiger partial charge on any atom is 0.250 e. The number of hydrogen-bond acceptors (Lipinski definition) is 4. The molecule has 2 aromatic carbocycles. The fourth-order valence-electron chi connectivity index (χ4n) is 3.97. The van der Waals surface area contributed by atoms with Crippen LogP contribution < -0.4 is 10.7 Å².